The molecule has 0 saturated heterocycles. The summed E-state index contributed by atoms with van der Waals surface area (Å²) in [5, 5.41) is 0.300. The summed E-state index contributed by atoms with van der Waals surface area (Å²) in [4.78, 5) is 13.2. The number of nitrogens with one attached hydrogen (secondary N) is 1. The van der Waals surface area contributed by atoms with E-state index in [9.17, 15) is 13.2 Å². The summed E-state index contributed by atoms with van der Waals surface area (Å²) >= 11 is 7.18. The molecule has 1 heterocycles. The number of hydrogen-bond donors (Lipinski definition) is 2. The van der Waals surface area contributed by atoms with Crippen LogP contribution in [-0.2, 0) is 10.0 Å². The second-order valence-corrected chi connectivity index (χ2v) is 7.98. The van der Waals surface area contributed by atoms with Crippen LogP contribution < -0.4 is 10.5 Å². The molecular weight excluding hydrogens is 332 g/mol. The number of carbonyl (C=O) groups is 1. The van der Waals surface area contributed by atoms with Crippen molar-refractivity contribution in [2.24, 2.45) is 5.73 Å². The molecule has 0 spiro atoms. The molecule has 0 atom stereocenters. The molecule has 112 valence electrons. The van der Waals surface area contributed by atoms with Crippen molar-refractivity contribution in [3.8, 4) is 0 Å². The van der Waals surface area contributed by atoms with Crippen molar-refractivity contribution < 1.29 is 13.2 Å². The van der Waals surface area contributed by atoms with Gasteiger partial charge < -0.3 is 5.73 Å². The van der Waals surface area contributed by atoms with Gasteiger partial charge >= 0.3 is 0 Å². The zero-order chi connectivity index (χ0) is 15.8. The molecule has 1 amide bonds. The molecule has 21 heavy (non-hydrogen) atoms. The second kappa shape index (κ2) is 5.67. The van der Waals surface area contributed by atoms with E-state index in [0.717, 1.165) is 4.88 Å². The van der Waals surface area contributed by atoms with Gasteiger partial charge in [0.05, 0.1) is 11.3 Å². The first-order valence-corrected chi connectivity index (χ1v) is 8.57. The Bertz CT molecular complexity index is 813. The SMILES string of the molecule is Cc1cc(S(=O)(=O)Nc2ccc(Cl)cc2C(N)=O)c(C)s1. The van der Waals surface area contributed by atoms with Crippen LogP contribution in [0.15, 0.2) is 29.2 Å². The predicted octanol–water partition coefficient (Wildman–Crippen LogP) is 2.92. The van der Waals surface area contributed by atoms with Crippen LogP contribution in [-0.4, -0.2) is 14.3 Å². The first-order valence-electron chi connectivity index (χ1n) is 5.90. The number of benzene rings is 1. The van der Waals surface area contributed by atoms with Gasteiger partial charge in [0.25, 0.3) is 15.9 Å². The number of rotatable bonds is 4. The average Bonchev–Trinajstić information content (AvgIpc) is 2.71. The molecule has 1 aromatic carbocycles. The molecule has 1 aromatic heterocycles. The third-order valence-electron chi connectivity index (χ3n) is 2.78. The lowest BCUT2D eigenvalue weighted by molar-refractivity contribution is 0.100. The molecule has 0 unspecified atom stereocenters. The van der Waals surface area contributed by atoms with Gasteiger partial charge in [-0.2, -0.15) is 0 Å². The summed E-state index contributed by atoms with van der Waals surface area (Å²) in [6, 6.07) is 5.81. The van der Waals surface area contributed by atoms with E-state index in [4.69, 9.17) is 17.3 Å². The van der Waals surface area contributed by atoms with Crippen LogP contribution >= 0.6 is 22.9 Å². The van der Waals surface area contributed by atoms with Crippen LogP contribution in [0, 0.1) is 13.8 Å². The number of thiophene rings is 1. The Kier molecular flexibility index (Phi) is 4.27. The molecule has 5 nitrogen and oxygen atoms in total. The first-order chi connectivity index (χ1) is 9.70. The maximum absolute atomic E-state index is 12.4. The number of aryl methyl sites for hydroxylation is 2. The van der Waals surface area contributed by atoms with Crippen molar-refractivity contribution >= 4 is 44.6 Å². The van der Waals surface area contributed by atoms with E-state index in [0.29, 0.717) is 9.90 Å². The number of nitrogens with two attached hydrogens (primary N) is 1. The van der Waals surface area contributed by atoms with Gasteiger partial charge in [-0.1, -0.05) is 11.6 Å². The smallest absolute Gasteiger partial charge is 0.263 e. The Morgan fingerprint density at radius 3 is 2.48 bits per heavy atom. The highest BCUT2D eigenvalue weighted by Crippen LogP contribution is 2.28. The van der Waals surface area contributed by atoms with Crippen molar-refractivity contribution in [1.82, 2.24) is 0 Å². The van der Waals surface area contributed by atoms with E-state index < -0.39 is 15.9 Å². The minimum absolute atomic E-state index is 0.0238. The summed E-state index contributed by atoms with van der Waals surface area (Å²) in [5.41, 5.74) is 5.38. The molecule has 2 aromatic rings. The van der Waals surface area contributed by atoms with Gasteiger partial charge in [-0.3, -0.25) is 9.52 Å². The standard InChI is InChI=1S/C13H13ClN2O3S2/c1-7-5-12(8(2)20-7)21(18,19)16-11-4-3-9(14)6-10(11)13(15)17/h3-6,16H,1-2H3,(H2,15,17). The van der Waals surface area contributed by atoms with Gasteiger partial charge in [-0.15, -0.1) is 11.3 Å². The lowest BCUT2D eigenvalue weighted by Gasteiger charge is -2.11. The molecule has 3 N–H and O–H groups in total. The lowest BCUT2D eigenvalue weighted by atomic mass is 10.2. The Balaban J connectivity index is 2.47. The molecular formula is C13H13ClN2O3S2. The van der Waals surface area contributed by atoms with E-state index in [1.165, 1.54) is 29.5 Å². The fourth-order valence-corrected chi connectivity index (χ4v) is 4.69. The van der Waals surface area contributed by atoms with Crippen molar-refractivity contribution in [3.63, 3.8) is 0 Å². The van der Waals surface area contributed by atoms with Crippen molar-refractivity contribution in [2.45, 2.75) is 18.7 Å². The van der Waals surface area contributed by atoms with Gasteiger partial charge in [0, 0.05) is 14.8 Å². The van der Waals surface area contributed by atoms with Crippen molar-refractivity contribution in [2.75, 3.05) is 4.72 Å². The van der Waals surface area contributed by atoms with Gasteiger partial charge in [-0.25, -0.2) is 8.42 Å². The molecule has 0 aliphatic heterocycles. The van der Waals surface area contributed by atoms with E-state index in [1.807, 2.05) is 6.92 Å². The fourth-order valence-electron chi connectivity index (χ4n) is 1.88. The molecule has 0 saturated carbocycles. The Morgan fingerprint density at radius 1 is 1.29 bits per heavy atom. The van der Waals surface area contributed by atoms with Crippen molar-refractivity contribution in [3.05, 3.63) is 44.6 Å². The van der Waals surface area contributed by atoms with E-state index in [1.54, 1.807) is 13.0 Å². The zero-order valence-corrected chi connectivity index (χ0v) is 13.7. The lowest BCUT2D eigenvalue weighted by Crippen LogP contribution is -2.18. The number of hydrogen-bond acceptors (Lipinski definition) is 4. The van der Waals surface area contributed by atoms with E-state index in [2.05, 4.69) is 4.72 Å². The summed E-state index contributed by atoms with van der Waals surface area (Å²) in [6.45, 7) is 3.55. The minimum Gasteiger partial charge on any atom is -0.366 e. The second-order valence-electron chi connectivity index (χ2n) is 4.44. The van der Waals surface area contributed by atoms with Crippen LogP contribution in [0.4, 0.5) is 5.69 Å². The van der Waals surface area contributed by atoms with Crippen molar-refractivity contribution in [1.29, 1.82) is 0 Å². The third kappa shape index (κ3) is 3.37. The van der Waals surface area contributed by atoms with Crippen LogP contribution in [0.3, 0.4) is 0 Å². The summed E-state index contributed by atoms with van der Waals surface area (Å²) in [5.74, 6) is -0.756. The Hall–Kier alpha value is -1.57. The molecule has 0 aliphatic rings. The summed E-state index contributed by atoms with van der Waals surface area (Å²) < 4.78 is 27.2. The van der Waals surface area contributed by atoms with Crippen LogP contribution in [0.1, 0.15) is 20.1 Å². The van der Waals surface area contributed by atoms with Crippen LogP contribution in [0.2, 0.25) is 5.02 Å². The summed E-state index contributed by atoms with van der Waals surface area (Å²) in [6.07, 6.45) is 0. The van der Waals surface area contributed by atoms with Crippen LogP contribution in [0.5, 0.6) is 0 Å². The van der Waals surface area contributed by atoms with Gasteiger partial charge in [0.2, 0.25) is 0 Å². The van der Waals surface area contributed by atoms with Gasteiger partial charge in [0.1, 0.15) is 4.90 Å². The largest absolute Gasteiger partial charge is 0.366 e. The number of sulfonamides is 1. The predicted molar refractivity (Wildman–Crippen MR) is 84.6 cm³/mol. The maximum atomic E-state index is 12.4. The fraction of sp³-hybridized carbons (Fsp3) is 0.154. The topological polar surface area (TPSA) is 89.3 Å². The normalized spacial score (nSPS) is 11.4. The Morgan fingerprint density at radius 2 is 1.95 bits per heavy atom. The Labute approximate surface area is 131 Å². The van der Waals surface area contributed by atoms with E-state index >= 15 is 0 Å². The first kappa shape index (κ1) is 15.8. The highest BCUT2D eigenvalue weighted by Gasteiger charge is 2.21. The molecule has 2 rings (SSSR count). The molecule has 0 aliphatic carbocycles. The number of anilines is 1. The molecule has 8 heteroatoms. The highest BCUT2D eigenvalue weighted by molar-refractivity contribution is 7.93. The number of carbonyl (C=O) groups excluding carboxylic acids is 1. The summed E-state index contributed by atoms with van der Waals surface area (Å²) in [7, 11) is -3.78. The van der Waals surface area contributed by atoms with Gasteiger partial charge in [0.15, 0.2) is 0 Å². The maximum Gasteiger partial charge on any atom is 0.263 e. The molecule has 0 fully saturated rings. The number of halogens is 1. The highest BCUT2D eigenvalue weighted by atomic mass is 35.5. The van der Waals surface area contributed by atoms with E-state index in [-0.39, 0.29) is 16.1 Å². The van der Waals surface area contributed by atoms with Gasteiger partial charge in [-0.05, 0) is 38.1 Å². The minimum atomic E-state index is -3.78. The average molecular weight is 345 g/mol. The molecule has 0 bridgehead atoms. The van der Waals surface area contributed by atoms with Crippen LogP contribution in [0.25, 0.3) is 0 Å². The monoisotopic (exact) mass is 344 g/mol. The number of amides is 1. The molecule has 0 radical (unpaired) electrons. The number of primary amides is 1. The third-order valence-corrected chi connectivity index (χ3v) is 5.60. The zero-order valence-electron chi connectivity index (χ0n) is 11.3. The quantitative estimate of drug-likeness (QED) is 0.893.